The van der Waals surface area contributed by atoms with Gasteiger partial charge in [0.2, 0.25) is 6.41 Å². The van der Waals surface area contributed by atoms with Gasteiger partial charge in [-0.1, -0.05) is 18.3 Å². The van der Waals surface area contributed by atoms with Crippen molar-refractivity contribution >= 4 is 23.3 Å². The number of thioether (sulfide) groups is 1. The normalized spacial score (nSPS) is 11.0. The Hall–Kier alpha value is -0.770. The largest absolute Gasteiger partial charge is 0.378 e. The van der Waals surface area contributed by atoms with Crippen molar-refractivity contribution in [2.75, 3.05) is 0 Å². The highest BCUT2D eigenvalue weighted by Crippen LogP contribution is 2.10. The highest BCUT2D eigenvalue weighted by molar-refractivity contribution is 8.17. The fraction of sp³-hybridized carbons (Fsp3) is 0.200. The summed E-state index contributed by atoms with van der Waals surface area (Å²) in [5, 5.41) is 0.234. The Morgan fingerprint density at radius 2 is 2.44 bits per heavy atom. The van der Waals surface area contributed by atoms with Crippen LogP contribution in [0.25, 0.3) is 0 Å². The van der Waals surface area contributed by atoms with Gasteiger partial charge >= 0.3 is 0 Å². The highest BCUT2D eigenvalue weighted by atomic mass is 32.2. The number of hydrogen-bond donors (Lipinski definition) is 1. The molecule has 50 valence electrons. The van der Waals surface area contributed by atoms with E-state index in [0.717, 1.165) is 4.91 Å². The minimum atomic E-state index is 0.234. The summed E-state index contributed by atoms with van der Waals surface area (Å²) in [6.45, 7) is 5.35. The number of rotatable bonds is 2. The molecule has 0 rings (SSSR count). The first-order valence-electron chi connectivity index (χ1n) is 2.27. The van der Waals surface area contributed by atoms with Crippen molar-refractivity contribution in [3.05, 3.63) is 11.5 Å². The van der Waals surface area contributed by atoms with Gasteiger partial charge in [0.1, 0.15) is 0 Å². The number of aliphatic imine (C=N–C) groups is 1. The first-order valence-corrected chi connectivity index (χ1v) is 3.08. The second kappa shape index (κ2) is 4.14. The molecule has 0 aromatic carbocycles. The van der Waals surface area contributed by atoms with E-state index < -0.39 is 0 Å². The lowest BCUT2D eigenvalue weighted by Crippen LogP contribution is -2.05. The maximum absolute atomic E-state index is 9.69. The third-order valence-electron chi connectivity index (χ3n) is 0.459. The van der Waals surface area contributed by atoms with E-state index in [1.807, 2.05) is 0 Å². The van der Waals surface area contributed by atoms with Crippen molar-refractivity contribution in [1.82, 2.24) is 0 Å². The average molecular weight is 144 g/mol. The number of carbonyl (C=O) groups excluding carboxylic acids is 1. The zero-order valence-corrected chi connectivity index (χ0v) is 5.94. The Morgan fingerprint density at radius 3 is 2.78 bits per heavy atom. The molecule has 0 aliphatic rings. The van der Waals surface area contributed by atoms with Crippen molar-refractivity contribution in [2.24, 2.45) is 10.7 Å². The second-order valence-corrected chi connectivity index (χ2v) is 2.70. The van der Waals surface area contributed by atoms with Gasteiger partial charge in [0.25, 0.3) is 0 Å². The molecule has 0 fully saturated rings. The van der Waals surface area contributed by atoms with Gasteiger partial charge < -0.3 is 5.73 Å². The van der Waals surface area contributed by atoms with Crippen LogP contribution in [0.3, 0.4) is 0 Å². The molecule has 0 unspecified atom stereocenters. The number of amidine groups is 1. The average Bonchev–Trinajstić information content (AvgIpc) is 1.63. The number of carbonyl (C=O) groups is 1. The quantitative estimate of drug-likeness (QED) is 0.353. The number of nitrogens with two attached hydrogens (primary N) is 1. The molecule has 0 aromatic rings. The minimum absolute atomic E-state index is 0.234. The summed E-state index contributed by atoms with van der Waals surface area (Å²) in [5.41, 5.74) is 5.21. The molecule has 3 nitrogen and oxygen atoms in total. The zero-order valence-electron chi connectivity index (χ0n) is 5.13. The van der Waals surface area contributed by atoms with Crippen molar-refractivity contribution in [3.8, 4) is 0 Å². The maximum Gasteiger partial charge on any atom is 0.235 e. The lowest BCUT2D eigenvalue weighted by atomic mass is 10.8. The van der Waals surface area contributed by atoms with Gasteiger partial charge in [-0.25, -0.2) is 0 Å². The molecule has 0 bridgehead atoms. The SMILES string of the molecule is C=C(C)SC(N)=NC=O. The molecule has 4 heteroatoms. The molecule has 0 heterocycles. The van der Waals surface area contributed by atoms with E-state index in [2.05, 4.69) is 11.6 Å². The maximum atomic E-state index is 9.69. The minimum Gasteiger partial charge on any atom is -0.378 e. The Labute approximate surface area is 58.0 Å². The highest BCUT2D eigenvalue weighted by Gasteiger charge is 1.90. The van der Waals surface area contributed by atoms with Gasteiger partial charge in [-0.2, -0.15) is 4.99 Å². The predicted molar refractivity (Wildman–Crippen MR) is 40.1 cm³/mol. The van der Waals surface area contributed by atoms with Crippen LogP contribution >= 0.6 is 11.8 Å². The van der Waals surface area contributed by atoms with E-state index >= 15 is 0 Å². The van der Waals surface area contributed by atoms with Crippen LogP contribution in [0.2, 0.25) is 0 Å². The number of hydrogen-bond acceptors (Lipinski definition) is 2. The molecule has 0 saturated carbocycles. The summed E-state index contributed by atoms with van der Waals surface area (Å²) < 4.78 is 0. The summed E-state index contributed by atoms with van der Waals surface area (Å²) in [4.78, 5) is 13.8. The van der Waals surface area contributed by atoms with Crippen LogP contribution in [0.4, 0.5) is 0 Å². The molecule has 0 atom stereocenters. The molecule has 9 heavy (non-hydrogen) atoms. The van der Waals surface area contributed by atoms with Crippen molar-refractivity contribution in [2.45, 2.75) is 6.92 Å². The van der Waals surface area contributed by atoms with Gasteiger partial charge in [0, 0.05) is 0 Å². The lowest BCUT2D eigenvalue weighted by Gasteiger charge is -1.93. The van der Waals surface area contributed by atoms with Gasteiger partial charge in [-0.05, 0) is 11.8 Å². The number of nitrogens with zero attached hydrogens (tertiary/aromatic N) is 1. The first kappa shape index (κ1) is 8.23. The summed E-state index contributed by atoms with van der Waals surface area (Å²) in [7, 11) is 0. The molecule has 0 radical (unpaired) electrons. The molecule has 0 aliphatic carbocycles. The Morgan fingerprint density at radius 1 is 1.89 bits per heavy atom. The molecular formula is C5H8N2OS. The van der Waals surface area contributed by atoms with Gasteiger partial charge in [0.05, 0.1) is 0 Å². The second-order valence-electron chi connectivity index (χ2n) is 1.38. The fourth-order valence-corrected chi connectivity index (χ4v) is 0.710. The van der Waals surface area contributed by atoms with E-state index in [4.69, 9.17) is 5.73 Å². The molecule has 0 aliphatic heterocycles. The monoisotopic (exact) mass is 144 g/mol. The smallest absolute Gasteiger partial charge is 0.235 e. The van der Waals surface area contributed by atoms with Crippen molar-refractivity contribution in [1.29, 1.82) is 0 Å². The topological polar surface area (TPSA) is 55.4 Å². The van der Waals surface area contributed by atoms with Crippen LogP contribution in [0.15, 0.2) is 16.5 Å². The standard InChI is InChI=1S/C5H8N2OS/c1-4(2)9-5(6)7-3-8/h3H,1H2,2H3,(H2,6,7,8). The molecule has 0 saturated heterocycles. The molecule has 1 amide bonds. The van der Waals surface area contributed by atoms with E-state index in [0.29, 0.717) is 6.41 Å². The van der Waals surface area contributed by atoms with Crippen LogP contribution in [-0.4, -0.2) is 11.6 Å². The molecular weight excluding hydrogens is 136 g/mol. The van der Waals surface area contributed by atoms with Crippen LogP contribution in [0.1, 0.15) is 6.92 Å². The number of amides is 1. The van der Waals surface area contributed by atoms with Crippen molar-refractivity contribution in [3.63, 3.8) is 0 Å². The fourth-order valence-electron chi connectivity index (χ4n) is 0.257. The van der Waals surface area contributed by atoms with Crippen LogP contribution in [0.5, 0.6) is 0 Å². The lowest BCUT2D eigenvalue weighted by molar-refractivity contribution is -0.106. The summed E-state index contributed by atoms with van der Waals surface area (Å²) in [5.74, 6) is 0. The molecule has 2 N–H and O–H groups in total. The Balaban J connectivity index is 3.75. The van der Waals surface area contributed by atoms with Crippen molar-refractivity contribution < 1.29 is 4.79 Å². The Bertz CT molecular complexity index is 153. The summed E-state index contributed by atoms with van der Waals surface area (Å²) >= 11 is 1.18. The Kier molecular flexibility index (Phi) is 3.79. The first-order chi connectivity index (χ1) is 4.16. The van der Waals surface area contributed by atoms with Gasteiger partial charge in [0.15, 0.2) is 5.17 Å². The predicted octanol–water partition coefficient (Wildman–Crippen LogP) is 0.724. The summed E-state index contributed by atoms with van der Waals surface area (Å²) in [6.07, 6.45) is 0.408. The summed E-state index contributed by atoms with van der Waals surface area (Å²) in [6, 6.07) is 0. The third-order valence-corrected chi connectivity index (χ3v) is 1.12. The zero-order chi connectivity index (χ0) is 7.28. The molecule has 0 aromatic heterocycles. The van der Waals surface area contributed by atoms with E-state index in [9.17, 15) is 4.79 Å². The van der Waals surface area contributed by atoms with Gasteiger partial charge in [-0.3, -0.25) is 4.79 Å². The van der Waals surface area contributed by atoms with Gasteiger partial charge in [-0.15, -0.1) is 0 Å². The van der Waals surface area contributed by atoms with E-state index in [-0.39, 0.29) is 5.17 Å². The van der Waals surface area contributed by atoms with E-state index in [1.54, 1.807) is 6.92 Å². The van der Waals surface area contributed by atoms with Crippen LogP contribution < -0.4 is 5.73 Å². The third kappa shape index (κ3) is 5.10. The molecule has 0 spiro atoms. The van der Waals surface area contributed by atoms with E-state index in [1.165, 1.54) is 11.8 Å². The number of allylic oxidation sites excluding steroid dienone is 1. The van der Waals surface area contributed by atoms with Crippen LogP contribution in [0, 0.1) is 0 Å². The van der Waals surface area contributed by atoms with Crippen LogP contribution in [-0.2, 0) is 4.79 Å².